The number of nitrogens with one attached hydrogen (secondary N) is 1. The summed E-state index contributed by atoms with van der Waals surface area (Å²) in [5.74, 6) is -1.02. The van der Waals surface area contributed by atoms with E-state index in [0.717, 1.165) is 0 Å². The first-order valence-corrected chi connectivity index (χ1v) is 9.06. The fraction of sp³-hybridized carbons (Fsp3) is 0.190. The molecule has 0 saturated heterocycles. The van der Waals surface area contributed by atoms with Crippen LogP contribution in [0, 0.1) is 5.82 Å². The number of hydrogen-bond donors (Lipinski definition) is 1. The molecule has 0 aliphatic heterocycles. The third kappa shape index (κ3) is 5.81. The van der Waals surface area contributed by atoms with Gasteiger partial charge in [-0.2, -0.15) is 4.98 Å². The van der Waals surface area contributed by atoms with Gasteiger partial charge in [0.1, 0.15) is 5.82 Å². The second-order valence-electron chi connectivity index (χ2n) is 6.36. The third-order valence-electron chi connectivity index (χ3n) is 4.00. The van der Waals surface area contributed by atoms with E-state index in [1.807, 2.05) is 0 Å². The van der Waals surface area contributed by atoms with Gasteiger partial charge in [-0.25, -0.2) is 4.39 Å². The van der Waals surface area contributed by atoms with Crippen molar-refractivity contribution in [3.05, 3.63) is 65.8 Å². The van der Waals surface area contributed by atoms with Gasteiger partial charge in [-0.15, -0.1) is 0 Å². The van der Waals surface area contributed by atoms with Gasteiger partial charge < -0.3 is 14.6 Å². The van der Waals surface area contributed by atoms with Gasteiger partial charge in [0.15, 0.2) is 12.4 Å². The predicted molar refractivity (Wildman–Crippen MR) is 104 cm³/mol. The molecule has 8 nitrogen and oxygen atoms in total. The van der Waals surface area contributed by atoms with Gasteiger partial charge in [-0.05, 0) is 48.5 Å². The molecule has 154 valence electrons. The first-order valence-electron chi connectivity index (χ1n) is 9.06. The first-order chi connectivity index (χ1) is 14.4. The Morgan fingerprint density at radius 2 is 1.77 bits per heavy atom. The standard InChI is InChI=1S/C21H18FN3O5/c1-13(26)23-17-8-4-14(5-9-17)18(27)12-29-20(28)11-10-19-24-21(25-30-19)15-2-6-16(22)7-3-15/h2-9H,10-12H2,1H3,(H,23,26). The summed E-state index contributed by atoms with van der Waals surface area (Å²) in [5, 5.41) is 6.39. The quantitative estimate of drug-likeness (QED) is 0.447. The summed E-state index contributed by atoms with van der Waals surface area (Å²) in [6.45, 7) is 0.986. The fourth-order valence-electron chi connectivity index (χ4n) is 2.53. The number of halogens is 1. The fourth-order valence-corrected chi connectivity index (χ4v) is 2.53. The first kappa shape index (κ1) is 20.8. The number of aromatic nitrogens is 2. The number of ether oxygens (including phenoxy) is 1. The van der Waals surface area contributed by atoms with Gasteiger partial charge in [0.05, 0.1) is 6.42 Å². The number of rotatable bonds is 8. The largest absolute Gasteiger partial charge is 0.457 e. The van der Waals surface area contributed by atoms with Crippen molar-refractivity contribution in [2.24, 2.45) is 0 Å². The number of hydrogen-bond acceptors (Lipinski definition) is 7. The lowest BCUT2D eigenvalue weighted by Crippen LogP contribution is -2.14. The van der Waals surface area contributed by atoms with Crippen molar-refractivity contribution in [3.63, 3.8) is 0 Å². The highest BCUT2D eigenvalue weighted by Crippen LogP contribution is 2.17. The van der Waals surface area contributed by atoms with Crippen LogP contribution in [0.25, 0.3) is 11.4 Å². The number of benzene rings is 2. The minimum absolute atomic E-state index is 0.0419. The van der Waals surface area contributed by atoms with E-state index >= 15 is 0 Å². The van der Waals surface area contributed by atoms with Gasteiger partial charge >= 0.3 is 5.97 Å². The van der Waals surface area contributed by atoms with Gasteiger partial charge in [0.25, 0.3) is 0 Å². The maximum Gasteiger partial charge on any atom is 0.306 e. The van der Waals surface area contributed by atoms with E-state index in [0.29, 0.717) is 16.8 Å². The molecule has 0 fully saturated rings. The van der Waals surface area contributed by atoms with Crippen molar-refractivity contribution in [1.29, 1.82) is 0 Å². The van der Waals surface area contributed by atoms with Crippen LogP contribution in [0.5, 0.6) is 0 Å². The van der Waals surface area contributed by atoms with Crippen LogP contribution in [0.3, 0.4) is 0 Å². The Morgan fingerprint density at radius 3 is 2.43 bits per heavy atom. The van der Waals surface area contributed by atoms with Crippen molar-refractivity contribution in [2.45, 2.75) is 19.8 Å². The van der Waals surface area contributed by atoms with E-state index in [1.54, 1.807) is 12.1 Å². The Kier molecular flexibility index (Phi) is 6.63. The van der Waals surface area contributed by atoms with E-state index in [2.05, 4.69) is 15.5 Å². The molecule has 1 N–H and O–H groups in total. The predicted octanol–water partition coefficient (Wildman–Crippen LogP) is 3.19. The number of anilines is 1. The number of ketones is 1. The third-order valence-corrected chi connectivity index (χ3v) is 4.00. The molecule has 0 aliphatic rings. The number of esters is 1. The highest BCUT2D eigenvalue weighted by atomic mass is 19.1. The second kappa shape index (κ2) is 9.55. The lowest BCUT2D eigenvalue weighted by atomic mass is 10.1. The molecule has 1 heterocycles. The zero-order valence-corrected chi connectivity index (χ0v) is 16.1. The highest BCUT2D eigenvalue weighted by molar-refractivity contribution is 5.98. The van der Waals surface area contributed by atoms with Crippen LogP contribution in [0.4, 0.5) is 10.1 Å². The molecule has 0 aliphatic carbocycles. The summed E-state index contributed by atoms with van der Waals surface area (Å²) in [7, 11) is 0. The van der Waals surface area contributed by atoms with Crippen LogP contribution in [-0.2, 0) is 20.7 Å². The van der Waals surface area contributed by atoms with Crippen molar-refractivity contribution in [1.82, 2.24) is 10.1 Å². The maximum atomic E-state index is 13.0. The Morgan fingerprint density at radius 1 is 1.07 bits per heavy atom. The minimum Gasteiger partial charge on any atom is -0.457 e. The molecule has 0 saturated carbocycles. The van der Waals surface area contributed by atoms with Gasteiger partial charge in [0, 0.05) is 30.2 Å². The van der Waals surface area contributed by atoms with Crippen LogP contribution in [0.2, 0.25) is 0 Å². The van der Waals surface area contributed by atoms with Crippen molar-refractivity contribution < 1.29 is 28.0 Å². The Bertz CT molecular complexity index is 1050. The second-order valence-corrected chi connectivity index (χ2v) is 6.36. The summed E-state index contributed by atoms with van der Waals surface area (Å²) < 4.78 is 23.0. The summed E-state index contributed by atoms with van der Waals surface area (Å²) in [4.78, 5) is 39.1. The van der Waals surface area contributed by atoms with Gasteiger partial charge in [-0.1, -0.05) is 5.16 Å². The number of Topliss-reactive ketones (excluding diaryl/α,β-unsaturated/α-hetero) is 1. The summed E-state index contributed by atoms with van der Waals surface area (Å²) in [6.07, 6.45) is 0.104. The number of carbonyl (C=O) groups excluding carboxylic acids is 3. The average Bonchev–Trinajstić information content (AvgIpc) is 3.20. The minimum atomic E-state index is -0.584. The summed E-state index contributed by atoms with van der Waals surface area (Å²) in [6, 6.07) is 11.9. The van der Waals surface area contributed by atoms with Crippen LogP contribution < -0.4 is 5.32 Å². The topological polar surface area (TPSA) is 111 Å². The Balaban J connectivity index is 1.45. The zero-order valence-electron chi connectivity index (χ0n) is 16.1. The number of aryl methyl sites for hydroxylation is 1. The van der Waals surface area contributed by atoms with Gasteiger partial charge in [-0.3, -0.25) is 14.4 Å². The lowest BCUT2D eigenvalue weighted by molar-refractivity contribution is -0.142. The Hall–Kier alpha value is -3.88. The molecule has 0 bridgehead atoms. The van der Waals surface area contributed by atoms with Crippen molar-refractivity contribution in [3.8, 4) is 11.4 Å². The molecular formula is C21H18FN3O5. The normalized spacial score (nSPS) is 10.5. The van der Waals surface area contributed by atoms with Gasteiger partial charge in [0.2, 0.25) is 17.6 Å². The van der Waals surface area contributed by atoms with Crippen LogP contribution in [0.15, 0.2) is 53.1 Å². The zero-order chi connectivity index (χ0) is 21.5. The molecular weight excluding hydrogens is 393 g/mol. The van der Waals surface area contributed by atoms with Crippen LogP contribution in [-0.4, -0.2) is 34.4 Å². The number of amides is 1. The van der Waals surface area contributed by atoms with Crippen molar-refractivity contribution >= 4 is 23.3 Å². The summed E-state index contributed by atoms with van der Waals surface area (Å²) >= 11 is 0. The number of nitrogens with zero attached hydrogens (tertiary/aromatic N) is 2. The molecule has 9 heteroatoms. The molecule has 0 atom stereocenters. The van der Waals surface area contributed by atoms with E-state index < -0.39 is 12.6 Å². The van der Waals surface area contributed by atoms with E-state index in [4.69, 9.17) is 9.26 Å². The lowest BCUT2D eigenvalue weighted by Gasteiger charge is -2.05. The molecule has 1 aromatic heterocycles. The van der Waals surface area contributed by atoms with Crippen LogP contribution in [0.1, 0.15) is 29.6 Å². The van der Waals surface area contributed by atoms with E-state index in [-0.39, 0.29) is 42.1 Å². The molecule has 3 rings (SSSR count). The van der Waals surface area contributed by atoms with Crippen molar-refractivity contribution in [2.75, 3.05) is 11.9 Å². The van der Waals surface area contributed by atoms with E-state index in [1.165, 1.54) is 43.3 Å². The smallest absolute Gasteiger partial charge is 0.306 e. The average molecular weight is 411 g/mol. The summed E-state index contributed by atoms with van der Waals surface area (Å²) in [5.41, 5.74) is 1.51. The molecule has 1 amide bonds. The van der Waals surface area contributed by atoms with E-state index in [9.17, 15) is 18.8 Å². The molecule has 2 aromatic carbocycles. The SMILES string of the molecule is CC(=O)Nc1ccc(C(=O)COC(=O)CCc2nc(-c3ccc(F)cc3)no2)cc1. The molecule has 0 spiro atoms. The highest BCUT2D eigenvalue weighted by Gasteiger charge is 2.14. The maximum absolute atomic E-state index is 13.0. The molecule has 3 aromatic rings. The molecule has 0 radical (unpaired) electrons. The monoisotopic (exact) mass is 411 g/mol. The van der Waals surface area contributed by atoms with Crippen LogP contribution >= 0.6 is 0 Å². The molecule has 30 heavy (non-hydrogen) atoms. The number of carbonyl (C=O) groups is 3. The molecule has 0 unspecified atom stereocenters. The Labute approximate surface area is 171 Å².